The molecule has 1 aromatic rings. The Balaban J connectivity index is 3.08. The minimum atomic E-state index is -1.47. The number of carboxylic acids is 1. The number of carboxylic acid groups (broad SMARTS) is 1. The zero-order valence-corrected chi connectivity index (χ0v) is 8.30. The fraction of sp³-hybridized carbons (Fsp3) is 0. The fourth-order valence-electron chi connectivity index (χ4n) is 0.774. The molecule has 0 spiro atoms. The number of thiophene rings is 1. The van der Waals surface area contributed by atoms with Crippen LogP contribution in [0.5, 0.6) is 0 Å². The Bertz CT molecular complexity index is 413. The van der Waals surface area contributed by atoms with Gasteiger partial charge in [-0.1, -0.05) is 11.6 Å². The number of ketones is 1. The summed E-state index contributed by atoms with van der Waals surface area (Å²) in [5.74, 6) is 2.53. The van der Waals surface area contributed by atoms with Crippen LogP contribution in [0.3, 0.4) is 0 Å². The Labute approximate surface area is 87.8 Å². The van der Waals surface area contributed by atoms with Crippen LogP contribution in [0.1, 0.15) is 9.67 Å². The predicted molar refractivity (Wildman–Crippen MR) is 52.9 cm³/mol. The van der Waals surface area contributed by atoms with Crippen molar-refractivity contribution in [2.45, 2.75) is 0 Å². The van der Waals surface area contributed by atoms with Crippen LogP contribution in [0.15, 0.2) is 16.5 Å². The van der Waals surface area contributed by atoms with Gasteiger partial charge in [0.05, 0.1) is 9.90 Å². The Kier molecular flexibility index (Phi) is 3.21. The molecule has 0 saturated heterocycles. The molecule has 3 N–H and O–H groups in total. The molecule has 0 amide bonds. The highest BCUT2D eigenvalue weighted by molar-refractivity contribution is 7.14. The molecule has 0 fully saturated rings. The van der Waals surface area contributed by atoms with Crippen molar-refractivity contribution >= 4 is 40.4 Å². The van der Waals surface area contributed by atoms with E-state index in [0.717, 1.165) is 11.3 Å². The average molecular weight is 233 g/mol. The summed E-state index contributed by atoms with van der Waals surface area (Å²) in [6.07, 6.45) is 0. The maximum Gasteiger partial charge on any atom is 0.360 e. The number of carbonyl (C=O) groups is 2. The van der Waals surface area contributed by atoms with Crippen molar-refractivity contribution in [1.29, 1.82) is 0 Å². The monoisotopic (exact) mass is 232 g/mol. The van der Waals surface area contributed by atoms with Gasteiger partial charge in [0.25, 0.3) is 0 Å². The summed E-state index contributed by atoms with van der Waals surface area (Å²) in [6.45, 7) is 0. The fourth-order valence-corrected chi connectivity index (χ4v) is 1.86. The van der Waals surface area contributed by atoms with E-state index >= 15 is 0 Å². The Morgan fingerprint density at radius 3 is 2.57 bits per heavy atom. The highest BCUT2D eigenvalue weighted by Gasteiger charge is 2.24. The number of hydrazone groups is 1. The molecule has 0 bridgehead atoms. The van der Waals surface area contributed by atoms with Gasteiger partial charge < -0.3 is 10.9 Å². The molecule has 0 radical (unpaired) electrons. The summed E-state index contributed by atoms with van der Waals surface area (Å²) >= 11 is 6.68. The molecular weight excluding hydrogens is 228 g/mol. The maximum absolute atomic E-state index is 11.4. The van der Waals surface area contributed by atoms with Gasteiger partial charge >= 0.3 is 5.97 Å². The summed E-state index contributed by atoms with van der Waals surface area (Å²) in [4.78, 5) is 22.1. The maximum atomic E-state index is 11.4. The molecule has 0 aliphatic carbocycles. The number of nitrogens with zero attached hydrogens (tertiary/aromatic N) is 1. The van der Waals surface area contributed by atoms with E-state index in [0.29, 0.717) is 0 Å². The second-order valence-electron chi connectivity index (χ2n) is 2.21. The first-order valence-corrected chi connectivity index (χ1v) is 4.62. The van der Waals surface area contributed by atoms with E-state index in [2.05, 4.69) is 5.10 Å². The van der Waals surface area contributed by atoms with E-state index in [4.69, 9.17) is 22.6 Å². The van der Waals surface area contributed by atoms with Crippen molar-refractivity contribution in [2.75, 3.05) is 0 Å². The number of rotatable bonds is 3. The van der Waals surface area contributed by atoms with Crippen molar-refractivity contribution in [1.82, 2.24) is 0 Å². The smallest absolute Gasteiger partial charge is 0.360 e. The second-order valence-corrected chi connectivity index (χ2v) is 3.53. The number of nitrogens with two attached hydrogens (primary N) is 1. The van der Waals surface area contributed by atoms with Gasteiger partial charge in [0.2, 0.25) is 11.5 Å². The minimum Gasteiger partial charge on any atom is -0.476 e. The van der Waals surface area contributed by atoms with Crippen LogP contribution in [0.25, 0.3) is 0 Å². The molecular formula is C7H5ClN2O3S. The summed E-state index contributed by atoms with van der Waals surface area (Å²) in [7, 11) is 0. The molecule has 0 saturated carbocycles. The van der Waals surface area contributed by atoms with Crippen molar-refractivity contribution in [3.8, 4) is 0 Å². The lowest BCUT2D eigenvalue weighted by Gasteiger charge is -1.96. The molecule has 5 nitrogen and oxygen atoms in total. The third kappa shape index (κ3) is 1.91. The topological polar surface area (TPSA) is 92.8 Å². The van der Waals surface area contributed by atoms with Gasteiger partial charge in [-0.05, 0) is 11.4 Å². The third-order valence-electron chi connectivity index (χ3n) is 1.37. The lowest BCUT2D eigenvalue weighted by Crippen LogP contribution is -2.24. The zero-order chi connectivity index (χ0) is 10.7. The Morgan fingerprint density at radius 1 is 1.57 bits per heavy atom. The van der Waals surface area contributed by atoms with Crippen LogP contribution in [-0.2, 0) is 4.79 Å². The van der Waals surface area contributed by atoms with Gasteiger partial charge in [0.1, 0.15) is 0 Å². The number of halogens is 1. The van der Waals surface area contributed by atoms with Crippen molar-refractivity contribution in [2.24, 2.45) is 10.9 Å². The number of hydrogen-bond acceptors (Lipinski definition) is 5. The molecule has 1 aromatic heterocycles. The number of hydrogen-bond donors (Lipinski definition) is 2. The van der Waals surface area contributed by atoms with Crippen molar-refractivity contribution in [3.05, 3.63) is 21.3 Å². The molecule has 7 heteroatoms. The lowest BCUT2D eigenvalue weighted by atomic mass is 10.2. The Hall–Kier alpha value is -1.40. The largest absolute Gasteiger partial charge is 0.476 e. The van der Waals surface area contributed by atoms with Crippen LogP contribution in [-0.4, -0.2) is 22.6 Å². The van der Waals surface area contributed by atoms with E-state index in [-0.39, 0.29) is 9.90 Å². The SMILES string of the molecule is NN=C(C(=O)O)C(=O)c1sccc1Cl. The predicted octanol–water partition coefficient (Wildman–Crippen LogP) is 0.984. The van der Waals surface area contributed by atoms with Gasteiger partial charge in [0.15, 0.2) is 0 Å². The quantitative estimate of drug-likeness (QED) is 0.267. The van der Waals surface area contributed by atoms with E-state index in [1.54, 1.807) is 5.38 Å². The summed E-state index contributed by atoms with van der Waals surface area (Å²) in [5.41, 5.74) is -0.727. The first-order valence-electron chi connectivity index (χ1n) is 3.36. The van der Waals surface area contributed by atoms with Crippen LogP contribution in [0.2, 0.25) is 5.02 Å². The molecule has 74 valence electrons. The van der Waals surface area contributed by atoms with E-state index < -0.39 is 17.5 Å². The molecule has 0 aliphatic rings. The summed E-state index contributed by atoms with van der Waals surface area (Å²) in [5, 5.41) is 13.2. The summed E-state index contributed by atoms with van der Waals surface area (Å²) < 4.78 is 0. The third-order valence-corrected chi connectivity index (χ3v) is 2.71. The van der Waals surface area contributed by atoms with E-state index in [9.17, 15) is 9.59 Å². The Morgan fingerprint density at radius 2 is 2.21 bits per heavy atom. The first kappa shape index (κ1) is 10.7. The van der Waals surface area contributed by atoms with Gasteiger partial charge in [-0.25, -0.2) is 4.79 Å². The highest BCUT2D eigenvalue weighted by atomic mass is 35.5. The van der Waals surface area contributed by atoms with Crippen LogP contribution < -0.4 is 5.84 Å². The number of Topliss-reactive ketones (excluding diaryl/α,β-unsaturated/α-hetero) is 1. The molecule has 0 unspecified atom stereocenters. The van der Waals surface area contributed by atoms with E-state index in [1.807, 2.05) is 0 Å². The highest BCUT2D eigenvalue weighted by Crippen LogP contribution is 2.22. The molecule has 14 heavy (non-hydrogen) atoms. The summed E-state index contributed by atoms with van der Waals surface area (Å²) in [6, 6.07) is 1.50. The standard InChI is InChI=1S/C7H5ClN2O3S/c8-3-1-2-14-6(3)5(11)4(10-9)7(12)13/h1-2H,9H2,(H,12,13). The lowest BCUT2D eigenvalue weighted by molar-refractivity contribution is -0.129. The van der Waals surface area contributed by atoms with Crippen molar-refractivity contribution in [3.63, 3.8) is 0 Å². The molecule has 0 aliphatic heterocycles. The second kappa shape index (κ2) is 4.21. The van der Waals surface area contributed by atoms with Gasteiger partial charge in [-0.2, -0.15) is 5.10 Å². The molecule has 1 rings (SSSR count). The molecule has 1 heterocycles. The minimum absolute atomic E-state index is 0.123. The van der Waals surface area contributed by atoms with Crippen molar-refractivity contribution < 1.29 is 14.7 Å². The van der Waals surface area contributed by atoms with Gasteiger partial charge in [-0.15, -0.1) is 11.3 Å². The number of carbonyl (C=O) groups excluding carboxylic acids is 1. The van der Waals surface area contributed by atoms with E-state index in [1.165, 1.54) is 6.07 Å². The van der Waals surface area contributed by atoms with Crippen LogP contribution in [0.4, 0.5) is 0 Å². The molecule has 0 aromatic carbocycles. The van der Waals surface area contributed by atoms with Crippen LogP contribution in [0, 0.1) is 0 Å². The average Bonchev–Trinajstić information content (AvgIpc) is 2.51. The number of aliphatic carboxylic acids is 1. The molecule has 0 atom stereocenters. The van der Waals surface area contributed by atoms with Gasteiger partial charge in [-0.3, -0.25) is 4.79 Å². The first-order chi connectivity index (χ1) is 6.57. The zero-order valence-electron chi connectivity index (χ0n) is 6.73. The van der Waals surface area contributed by atoms with Crippen LogP contribution >= 0.6 is 22.9 Å². The van der Waals surface area contributed by atoms with Gasteiger partial charge in [0, 0.05) is 0 Å². The normalized spacial score (nSPS) is 11.4.